The van der Waals surface area contributed by atoms with E-state index in [0.29, 0.717) is 50.0 Å². The molecule has 3 heterocycles. The number of rotatable bonds is 2. The third kappa shape index (κ3) is 2.55. The van der Waals surface area contributed by atoms with Crippen LogP contribution in [-0.4, -0.2) is 16.7 Å². The molecule has 0 fully saturated rings. The number of para-hydroxylation sites is 1. The lowest BCUT2D eigenvalue weighted by atomic mass is 9.95. The molecular weight excluding hydrogens is 400 g/mol. The molecule has 0 spiro atoms. The number of aromatic nitrogens is 1. The fourth-order valence-electron chi connectivity index (χ4n) is 4.02. The minimum Gasteiger partial charge on any atom is -0.454 e. The number of nitrogens with zero attached hydrogens (tertiary/aromatic N) is 2. The van der Waals surface area contributed by atoms with Crippen LogP contribution < -0.4 is 15.1 Å². The standard InChI is InChI=1S/C23H12N2O6/c26-23-21-20(12-4-3-5-13(8-12)25(27)28)15-9-18-19(30-11-29-18)10-16(15)24-22(21)14-6-1-2-7-17(14)31-23/h1-10H,11H2. The van der Waals surface area contributed by atoms with Crippen molar-refractivity contribution in [2.75, 3.05) is 6.79 Å². The Bertz CT molecular complexity index is 1620. The summed E-state index contributed by atoms with van der Waals surface area (Å²) in [5.41, 5.74) is 1.81. The highest BCUT2D eigenvalue weighted by Gasteiger charge is 2.23. The first-order valence-electron chi connectivity index (χ1n) is 9.44. The van der Waals surface area contributed by atoms with E-state index in [2.05, 4.69) is 0 Å². The fourth-order valence-corrected chi connectivity index (χ4v) is 4.02. The molecule has 1 aliphatic heterocycles. The van der Waals surface area contributed by atoms with Crippen LogP contribution in [0.4, 0.5) is 5.69 Å². The van der Waals surface area contributed by atoms with Crippen molar-refractivity contribution < 1.29 is 18.8 Å². The minimum atomic E-state index is -0.567. The predicted octanol–water partition coefficient (Wildman–Crippen LogP) is 4.80. The zero-order valence-electron chi connectivity index (χ0n) is 15.8. The van der Waals surface area contributed by atoms with Gasteiger partial charge in [0.15, 0.2) is 11.5 Å². The highest BCUT2D eigenvalue weighted by atomic mass is 16.7. The van der Waals surface area contributed by atoms with Crippen molar-refractivity contribution in [2.24, 2.45) is 0 Å². The van der Waals surface area contributed by atoms with E-state index in [-0.39, 0.29) is 17.9 Å². The molecule has 5 aromatic rings. The molecule has 0 N–H and O–H groups in total. The monoisotopic (exact) mass is 412 g/mol. The Kier molecular flexibility index (Phi) is 3.52. The van der Waals surface area contributed by atoms with Crippen molar-refractivity contribution in [3.8, 4) is 22.6 Å². The van der Waals surface area contributed by atoms with Crippen LogP contribution in [0.2, 0.25) is 0 Å². The van der Waals surface area contributed by atoms with Gasteiger partial charge in [-0.15, -0.1) is 0 Å². The van der Waals surface area contributed by atoms with E-state index in [1.165, 1.54) is 12.1 Å². The first kappa shape index (κ1) is 17.4. The van der Waals surface area contributed by atoms with Crippen LogP contribution in [0.3, 0.4) is 0 Å². The molecule has 8 nitrogen and oxygen atoms in total. The van der Waals surface area contributed by atoms with Crippen molar-refractivity contribution in [3.63, 3.8) is 0 Å². The molecule has 0 bridgehead atoms. The molecule has 31 heavy (non-hydrogen) atoms. The fraction of sp³-hybridized carbons (Fsp3) is 0.0435. The maximum absolute atomic E-state index is 13.1. The molecule has 150 valence electrons. The number of nitro benzene ring substituents is 1. The number of hydrogen-bond donors (Lipinski definition) is 0. The SMILES string of the molecule is O=c1oc2ccccc2c2nc3cc4c(cc3c(-c3cccc([N+](=O)[O-])c3)c12)OCO4. The Morgan fingerprint density at radius 2 is 1.74 bits per heavy atom. The molecule has 6 rings (SSSR count). The lowest BCUT2D eigenvalue weighted by Gasteiger charge is -2.12. The summed E-state index contributed by atoms with van der Waals surface area (Å²) in [6.45, 7) is 0.0857. The van der Waals surface area contributed by atoms with Crippen LogP contribution in [0.25, 0.3) is 43.9 Å². The topological polar surface area (TPSA) is 105 Å². The smallest absolute Gasteiger partial charge is 0.346 e. The zero-order chi connectivity index (χ0) is 21.1. The molecule has 0 saturated heterocycles. The molecule has 2 aromatic heterocycles. The summed E-state index contributed by atoms with van der Waals surface area (Å²) in [7, 11) is 0. The molecule has 0 saturated carbocycles. The molecule has 3 aromatic carbocycles. The third-order valence-electron chi connectivity index (χ3n) is 5.37. The molecule has 1 aliphatic rings. The summed E-state index contributed by atoms with van der Waals surface area (Å²) in [6.07, 6.45) is 0. The van der Waals surface area contributed by atoms with E-state index in [1.807, 2.05) is 12.1 Å². The van der Waals surface area contributed by atoms with Crippen LogP contribution in [0.5, 0.6) is 11.5 Å². The maximum Gasteiger partial charge on any atom is 0.346 e. The van der Waals surface area contributed by atoms with Crippen molar-refractivity contribution >= 4 is 38.5 Å². The Morgan fingerprint density at radius 3 is 2.58 bits per heavy atom. The van der Waals surface area contributed by atoms with Gasteiger partial charge >= 0.3 is 5.63 Å². The minimum absolute atomic E-state index is 0.0819. The highest BCUT2D eigenvalue weighted by molar-refractivity contribution is 6.15. The van der Waals surface area contributed by atoms with Gasteiger partial charge in [0.05, 0.1) is 21.3 Å². The number of nitro groups is 1. The van der Waals surface area contributed by atoms with Gasteiger partial charge in [-0.3, -0.25) is 10.1 Å². The number of hydrogen-bond acceptors (Lipinski definition) is 7. The van der Waals surface area contributed by atoms with Gasteiger partial charge in [0.2, 0.25) is 6.79 Å². The van der Waals surface area contributed by atoms with Crippen LogP contribution in [-0.2, 0) is 0 Å². The van der Waals surface area contributed by atoms with Gasteiger partial charge in [0, 0.05) is 34.5 Å². The lowest BCUT2D eigenvalue weighted by Crippen LogP contribution is -2.04. The van der Waals surface area contributed by atoms with Gasteiger partial charge in [-0.05, 0) is 23.8 Å². The quantitative estimate of drug-likeness (QED) is 0.135. The van der Waals surface area contributed by atoms with Crippen molar-refractivity contribution in [1.82, 2.24) is 4.98 Å². The van der Waals surface area contributed by atoms with E-state index in [0.717, 1.165) is 0 Å². The molecule has 0 radical (unpaired) electrons. The first-order chi connectivity index (χ1) is 15.1. The largest absolute Gasteiger partial charge is 0.454 e. The third-order valence-corrected chi connectivity index (χ3v) is 5.37. The molecule has 0 unspecified atom stereocenters. The Morgan fingerprint density at radius 1 is 0.935 bits per heavy atom. The second-order valence-corrected chi connectivity index (χ2v) is 7.13. The number of fused-ring (bicyclic) bond motifs is 5. The van der Waals surface area contributed by atoms with Gasteiger partial charge in [0.25, 0.3) is 5.69 Å². The van der Waals surface area contributed by atoms with Gasteiger partial charge in [-0.25, -0.2) is 9.78 Å². The van der Waals surface area contributed by atoms with Crippen LogP contribution >= 0.6 is 0 Å². The van der Waals surface area contributed by atoms with E-state index in [4.69, 9.17) is 18.9 Å². The second kappa shape index (κ2) is 6.27. The molecular formula is C23H12N2O6. The van der Waals surface area contributed by atoms with Gasteiger partial charge in [-0.2, -0.15) is 0 Å². The molecule has 0 aliphatic carbocycles. The normalized spacial score (nSPS) is 12.6. The molecule has 0 atom stereocenters. The summed E-state index contributed by atoms with van der Waals surface area (Å²) in [4.78, 5) is 28.8. The maximum atomic E-state index is 13.1. The first-order valence-corrected chi connectivity index (χ1v) is 9.44. The predicted molar refractivity (Wildman–Crippen MR) is 114 cm³/mol. The van der Waals surface area contributed by atoms with Crippen LogP contribution in [0.1, 0.15) is 0 Å². The molecule has 0 amide bonds. The number of non-ortho nitro benzene ring substituents is 1. The van der Waals surface area contributed by atoms with Gasteiger partial charge in [0.1, 0.15) is 5.58 Å². The zero-order valence-corrected chi connectivity index (χ0v) is 15.8. The Labute approximate surface area is 173 Å². The second-order valence-electron chi connectivity index (χ2n) is 7.13. The van der Waals surface area contributed by atoms with E-state index in [1.54, 1.807) is 36.4 Å². The summed E-state index contributed by atoms with van der Waals surface area (Å²) in [6, 6.07) is 16.8. The van der Waals surface area contributed by atoms with E-state index >= 15 is 0 Å². The average molecular weight is 412 g/mol. The summed E-state index contributed by atoms with van der Waals surface area (Å²) in [5.74, 6) is 1.07. The van der Waals surface area contributed by atoms with Gasteiger partial charge in [-0.1, -0.05) is 24.3 Å². The highest BCUT2D eigenvalue weighted by Crippen LogP contribution is 2.42. The Hall–Kier alpha value is -4.46. The summed E-state index contributed by atoms with van der Waals surface area (Å²) >= 11 is 0. The number of benzene rings is 3. The van der Waals surface area contributed by atoms with Crippen LogP contribution in [0, 0.1) is 10.1 Å². The number of ether oxygens (including phenoxy) is 2. The summed E-state index contributed by atoms with van der Waals surface area (Å²) < 4.78 is 16.6. The van der Waals surface area contributed by atoms with Crippen molar-refractivity contribution in [2.45, 2.75) is 0 Å². The van der Waals surface area contributed by atoms with Gasteiger partial charge < -0.3 is 13.9 Å². The van der Waals surface area contributed by atoms with E-state index < -0.39 is 10.5 Å². The average Bonchev–Trinajstić information content (AvgIpc) is 3.23. The van der Waals surface area contributed by atoms with Crippen molar-refractivity contribution in [3.05, 3.63) is 81.2 Å². The lowest BCUT2D eigenvalue weighted by molar-refractivity contribution is -0.384. The number of pyridine rings is 1. The summed E-state index contributed by atoms with van der Waals surface area (Å²) in [5, 5.41) is 12.9. The Balaban J connectivity index is 1.85. The van der Waals surface area contributed by atoms with Crippen molar-refractivity contribution in [1.29, 1.82) is 0 Å². The van der Waals surface area contributed by atoms with Crippen LogP contribution in [0.15, 0.2) is 69.9 Å². The van der Waals surface area contributed by atoms with E-state index in [9.17, 15) is 14.9 Å². The molecule has 8 heteroatoms.